The summed E-state index contributed by atoms with van der Waals surface area (Å²) in [6.45, 7) is 3.88. The van der Waals surface area contributed by atoms with Crippen LogP contribution in [0, 0.1) is 6.92 Å². The lowest BCUT2D eigenvalue weighted by Gasteiger charge is -2.19. The zero-order valence-electron chi connectivity index (χ0n) is 10.0. The van der Waals surface area contributed by atoms with Crippen LogP contribution in [0.3, 0.4) is 0 Å². The molecule has 88 valence electrons. The molecule has 1 aromatic rings. The van der Waals surface area contributed by atoms with Gasteiger partial charge in [-0.25, -0.2) is 0 Å². The molecule has 1 atom stereocenters. The Hall–Kier alpha value is -1.03. The van der Waals surface area contributed by atoms with Gasteiger partial charge < -0.3 is 10.2 Å². The minimum atomic E-state index is -0.229. The average molecular weight is 285 g/mol. The van der Waals surface area contributed by atoms with Gasteiger partial charge >= 0.3 is 0 Å². The van der Waals surface area contributed by atoms with Crippen molar-refractivity contribution in [2.45, 2.75) is 19.9 Å². The average Bonchev–Trinajstić information content (AvgIpc) is 2.22. The number of hydrogen-bond acceptors (Lipinski definition) is 2. The molecule has 1 rings (SSSR count). The van der Waals surface area contributed by atoms with E-state index in [0.29, 0.717) is 0 Å². The zero-order valence-corrected chi connectivity index (χ0v) is 11.6. The predicted molar refractivity (Wildman–Crippen MR) is 70.7 cm³/mol. The highest BCUT2D eigenvalue weighted by Crippen LogP contribution is 2.24. The van der Waals surface area contributed by atoms with Crippen LogP contribution in [0.15, 0.2) is 22.7 Å². The molecule has 16 heavy (non-hydrogen) atoms. The maximum Gasteiger partial charge on any atom is 0.244 e. The molecule has 0 fully saturated rings. The summed E-state index contributed by atoms with van der Waals surface area (Å²) in [5.41, 5.74) is 2.11. The Bertz CT molecular complexity index is 391. The van der Waals surface area contributed by atoms with Crippen molar-refractivity contribution in [3.63, 3.8) is 0 Å². The number of hydrogen-bond donors (Lipinski definition) is 1. The molecule has 1 amide bonds. The molecule has 0 saturated carbocycles. The molecule has 0 aromatic heterocycles. The number of nitrogens with one attached hydrogen (secondary N) is 1. The largest absolute Gasteiger partial charge is 0.373 e. The van der Waals surface area contributed by atoms with Crippen molar-refractivity contribution in [2.75, 3.05) is 19.4 Å². The minimum absolute atomic E-state index is 0.0633. The number of anilines is 1. The highest BCUT2D eigenvalue weighted by Gasteiger charge is 2.15. The summed E-state index contributed by atoms with van der Waals surface area (Å²) in [4.78, 5) is 13.3. The fourth-order valence-corrected chi connectivity index (χ4v) is 1.79. The van der Waals surface area contributed by atoms with Gasteiger partial charge in [-0.3, -0.25) is 4.79 Å². The van der Waals surface area contributed by atoms with Crippen LogP contribution in [0.4, 0.5) is 5.69 Å². The first-order valence-corrected chi connectivity index (χ1v) is 5.95. The van der Waals surface area contributed by atoms with Crippen molar-refractivity contribution < 1.29 is 4.79 Å². The zero-order chi connectivity index (χ0) is 12.3. The minimum Gasteiger partial charge on any atom is -0.373 e. The second-order valence-corrected chi connectivity index (χ2v) is 4.94. The molecule has 1 unspecified atom stereocenters. The van der Waals surface area contributed by atoms with Gasteiger partial charge in [0.15, 0.2) is 0 Å². The Labute approximate surface area is 105 Å². The number of rotatable bonds is 3. The van der Waals surface area contributed by atoms with E-state index in [2.05, 4.69) is 21.2 Å². The molecule has 0 bridgehead atoms. The number of amides is 1. The Morgan fingerprint density at radius 3 is 2.62 bits per heavy atom. The van der Waals surface area contributed by atoms with E-state index in [1.165, 1.54) is 0 Å². The summed E-state index contributed by atoms with van der Waals surface area (Å²) in [7, 11) is 3.51. The molecule has 3 nitrogen and oxygen atoms in total. The van der Waals surface area contributed by atoms with Gasteiger partial charge in [0.1, 0.15) is 6.04 Å². The second-order valence-electron chi connectivity index (χ2n) is 4.08. The Balaban J connectivity index is 2.80. The van der Waals surface area contributed by atoms with Crippen LogP contribution < -0.4 is 5.32 Å². The first-order chi connectivity index (χ1) is 7.41. The number of carbonyl (C=O) groups excluding carboxylic acids is 1. The van der Waals surface area contributed by atoms with Crippen molar-refractivity contribution in [1.29, 1.82) is 0 Å². The molecular weight excluding hydrogens is 268 g/mol. The molecule has 0 aliphatic heterocycles. The van der Waals surface area contributed by atoms with Crippen LogP contribution in [-0.2, 0) is 4.79 Å². The summed E-state index contributed by atoms with van der Waals surface area (Å²) in [5.74, 6) is 0.0633. The summed E-state index contributed by atoms with van der Waals surface area (Å²) in [6.07, 6.45) is 0. The van der Waals surface area contributed by atoms with Crippen molar-refractivity contribution in [3.8, 4) is 0 Å². The number of nitrogens with zero attached hydrogens (tertiary/aromatic N) is 1. The lowest BCUT2D eigenvalue weighted by atomic mass is 10.2. The van der Waals surface area contributed by atoms with Crippen molar-refractivity contribution in [1.82, 2.24) is 4.90 Å². The van der Waals surface area contributed by atoms with Crippen molar-refractivity contribution >= 4 is 27.5 Å². The molecule has 0 aliphatic rings. The summed E-state index contributed by atoms with van der Waals surface area (Å²) in [6, 6.07) is 5.79. The Kier molecular flexibility index (Phi) is 4.35. The van der Waals surface area contributed by atoms with Gasteiger partial charge in [-0.05, 0) is 47.5 Å². The third-order valence-corrected chi connectivity index (χ3v) is 3.00. The van der Waals surface area contributed by atoms with E-state index < -0.39 is 0 Å². The van der Waals surface area contributed by atoms with Crippen molar-refractivity contribution in [2.24, 2.45) is 0 Å². The van der Waals surface area contributed by atoms with Gasteiger partial charge in [0.25, 0.3) is 0 Å². The molecule has 0 heterocycles. The molecule has 0 spiro atoms. The monoisotopic (exact) mass is 284 g/mol. The molecule has 4 heteroatoms. The maximum absolute atomic E-state index is 11.7. The molecular formula is C12H17BrN2O. The number of carbonyl (C=O) groups is 1. The Morgan fingerprint density at radius 2 is 2.06 bits per heavy atom. The fraction of sp³-hybridized carbons (Fsp3) is 0.417. The molecule has 1 N–H and O–H groups in total. The van der Waals surface area contributed by atoms with Gasteiger partial charge in [0.2, 0.25) is 5.91 Å². The van der Waals surface area contributed by atoms with Gasteiger partial charge in [-0.1, -0.05) is 6.07 Å². The van der Waals surface area contributed by atoms with E-state index in [1.807, 2.05) is 32.0 Å². The standard InChI is InChI=1S/C12H17BrN2O/c1-8-5-6-10(13)11(7-8)14-9(2)12(16)15(3)4/h5-7,9,14H,1-4H3. The summed E-state index contributed by atoms with van der Waals surface area (Å²) < 4.78 is 0.969. The van der Waals surface area contributed by atoms with Gasteiger partial charge in [-0.15, -0.1) is 0 Å². The highest BCUT2D eigenvalue weighted by atomic mass is 79.9. The van der Waals surface area contributed by atoms with Crippen LogP contribution >= 0.6 is 15.9 Å². The summed E-state index contributed by atoms with van der Waals surface area (Å²) in [5, 5.41) is 3.19. The van der Waals surface area contributed by atoms with Crippen LogP contribution in [0.1, 0.15) is 12.5 Å². The first kappa shape index (κ1) is 13.0. The van der Waals surface area contributed by atoms with Crippen LogP contribution in [0.2, 0.25) is 0 Å². The molecule has 0 saturated heterocycles. The normalized spacial score (nSPS) is 12.1. The number of halogens is 1. The third-order valence-electron chi connectivity index (χ3n) is 2.31. The Morgan fingerprint density at radius 1 is 1.44 bits per heavy atom. The van der Waals surface area contributed by atoms with Crippen LogP contribution in [0.25, 0.3) is 0 Å². The predicted octanol–water partition coefficient (Wildman–Crippen LogP) is 2.65. The van der Waals surface area contributed by atoms with Gasteiger partial charge in [0, 0.05) is 24.3 Å². The van der Waals surface area contributed by atoms with E-state index >= 15 is 0 Å². The lowest BCUT2D eigenvalue weighted by Crippen LogP contribution is -2.36. The number of aryl methyl sites for hydroxylation is 1. The third kappa shape index (κ3) is 3.23. The van der Waals surface area contributed by atoms with Gasteiger partial charge in [0.05, 0.1) is 0 Å². The second kappa shape index (κ2) is 5.34. The molecule has 1 aromatic carbocycles. The number of benzene rings is 1. The highest BCUT2D eigenvalue weighted by molar-refractivity contribution is 9.10. The quantitative estimate of drug-likeness (QED) is 0.926. The summed E-state index contributed by atoms with van der Waals surface area (Å²) >= 11 is 3.46. The molecule has 0 aliphatic carbocycles. The maximum atomic E-state index is 11.7. The SMILES string of the molecule is Cc1ccc(Br)c(NC(C)C(=O)N(C)C)c1. The van der Waals surface area contributed by atoms with E-state index in [-0.39, 0.29) is 11.9 Å². The smallest absolute Gasteiger partial charge is 0.244 e. The van der Waals surface area contributed by atoms with Crippen LogP contribution in [-0.4, -0.2) is 30.9 Å². The van der Waals surface area contributed by atoms with Crippen molar-refractivity contribution in [3.05, 3.63) is 28.2 Å². The van der Waals surface area contributed by atoms with E-state index in [0.717, 1.165) is 15.7 Å². The number of likely N-dealkylation sites (N-methyl/N-ethyl adjacent to an activating group) is 1. The lowest BCUT2D eigenvalue weighted by molar-refractivity contribution is -0.129. The van der Waals surface area contributed by atoms with E-state index in [9.17, 15) is 4.79 Å². The van der Waals surface area contributed by atoms with E-state index in [4.69, 9.17) is 0 Å². The van der Waals surface area contributed by atoms with Gasteiger partial charge in [-0.2, -0.15) is 0 Å². The van der Waals surface area contributed by atoms with E-state index in [1.54, 1.807) is 19.0 Å². The molecule has 0 radical (unpaired) electrons. The first-order valence-electron chi connectivity index (χ1n) is 5.15. The van der Waals surface area contributed by atoms with Crippen LogP contribution in [0.5, 0.6) is 0 Å². The fourth-order valence-electron chi connectivity index (χ4n) is 1.43. The topological polar surface area (TPSA) is 32.3 Å².